The third-order valence-corrected chi connectivity index (χ3v) is 12.9. The SMILES string of the molecule is COC(=O)N[C@H](C(=O)N1CCC[C@H]1C1(C)Nc2ccc(-c3ccc(-c4ccc(-c5ccc6nc([C@@H]7CCCN7C(=O)[C@@H](NC(=O)OC)C(C)C)[nH]c6c5)cc4)cc3)cc2N1)C(C)C. The molecule has 8 rings (SSSR count). The summed E-state index contributed by atoms with van der Waals surface area (Å²) in [5.74, 6) is 0.310. The van der Waals surface area contributed by atoms with Gasteiger partial charge >= 0.3 is 12.2 Å². The van der Waals surface area contributed by atoms with Gasteiger partial charge < -0.3 is 45.5 Å². The van der Waals surface area contributed by atoms with Crippen LogP contribution in [0.5, 0.6) is 0 Å². The quantitative estimate of drug-likeness (QED) is 0.0874. The number of fused-ring (bicyclic) bond motifs is 2. The fourth-order valence-corrected chi connectivity index (χ4v) is 9.47. The van der Waals surface area contributed by atoms with Gasteiger partial charge in [0.2, 0.25) is 11.8 Å². The number of amides is 4. The van der Waals surface area contributed by atoms with Crippen molar-refractivity contribution in [3.63, 3.8) is 0 Å². The summed E-state index contributed by atoms with van der Waals surface area (Å²) in [6, 6.07) is 28.0. The monoisotopic (exact) mass is 854 g/mol. The van der Waals surface area contributed by atoms with E-state index in [0.29, 0.717) is 13.1 Å². The first kappa shape index (κ1) is 43.1. The van der Waals surface area contributed by atoms with E-state index in [1.807, 2.05) is 43.6 Å². The van der Waals surface area contributed by atoms with Crippen LogP contribution >= 0.6 is 0 Å². The van der Waals surface area contributed by atoms with Crippen molar-refractivity contribution in [2.24, 2.45) is 11.8 Å². The van der Waals surface area contributed by atoms with E-state index < -0.39 is 29.9 Å². The Bertz CT molecular complexity index is 2500. The van der Waals surface area contributed by atoms with E-state index in [1.165, 1.54) is 14.2 Å². The van der Waals surface area contributed by atoms with E-state index >= 15 is 0 Å². The Hall–Kier alpha value is -6.57. The molecule has 5 N–H and O–H groups in total. The van der Waals surface area contributed by atoms with Crippen LogP contribution < -0.4 is 21.3 Å². The predicted molar refractivity (Wildman–Crippen MR) is 245 cm³/mol. The van der Waals surface area contributed by atoms with Crippen LogP contribution in [0, 0.1) is 11.8 Å². The number of carbonyl (C=O) groups is 4. The molecular weight excluding hydrogens is 797 g/mol. The van der Waals surface area contributed by atoms with Gasteiger partial charge in [-0.25, -0.2) is 14.6 Å². The van der Waals surface area contributed by atoms with Crippen molar-refractivity contribution in [2.75, 3.05) is 37.9 Å². The summed E-state index contributed by atoms with van der Waals surface area (Å²) >= 11 is 0. The average molecular weight is 855 g/mol. The highest BCUT2D eigenvalue weighted by Crippen LogP contribution is 2.42. The number of aromatic amines is 1. The number of H-pyrrole nitrogens is 1. The molecule has 63 heavy (non-hydrogen) atoms. The van der Waals surface area contributed by atoms with Crippen LogP contribution in [0.2, 0.25) is 0 Å². The smallest absolute Gasteiger partial charge is 0.407 e. The molecule has 2 fully saturated rings. The molecule has 3 aliphatic rings. The highest BCUT2D eigenvalue weighted by Gasteiger charge is 2.47. The fourth-order valence-electron chi connectivity index (χ4n) is 9.47. The third-order valence-electron chi connectivity index (χ3n) is 12.9. The van der Waals surface area contributed by atoms with Crippen molar-refractivity contribution >= 4 is 46.4 Å². The second-order valence-electron chi connectivity index (χ2n) is 17.8. The molecule has 14 nitrogen and oxygen atoms in total. The van der Waals surface area contributed by atoms with Gasteiger partial charge in [-0.15, -0.1) is 0 Å². The summed E-state index contributed by atoms with van der Waals surface area (Å²) in [5.41, 5.74) is 9.62. The summed E-state index contributed by atoms with van der Waals surface area (Å²) in [6.45, 7) is 11.0. The van der Waals surface area contributed by atoms with Gasteiger partial charge in [0.25, 0.3) is 0 Å². The molecule has 330 valence electrons. The van der Waals surface area contributed by atoms with E-state index in [-0.39, 0.29) is 35.7 Å². The second-order valence-corrected chi connectivity index (χ2v) is 17.8. The number of imidazole rings is 1. The molecule has 1 aromatic heterocycles. The zero-order valence-corrected chi connectivity index (χ0v) is 37.1. The van der Waals surface area contributed by atoms with Gasteiger partial charge in [0.15, 0.2) is 0 Å². The number of hydrogen-bond acceptors (Lipinski definition) is 9. The maximum Gasteiger partial charge on any atom is 0.407 e. The van der Waals surface area contributed by atoms with Crippen molar-refractivity contribution in [2.45, 2.75) is 90.1 Å². The Morgan fingerprint density at radius 3 is 1.70 bits per heavy atom. The lowest BCUT2D eigenvalue weighted by Gasteiger charge is -2.40. The van der Waals surface area contributed by atoms with Crippen molar-refractivity contribution in [1.29, 1.82) is 0 Å². The number of ether oxygens (including phenoxy) is 2. The molecule has 5 aromatic rings. The molecule has 4 amide bonds. The Balaban J connectivity index is 0.929. The topological polar surface area (TPSA) is 170 Å². The van der Waals surface area contributed by atoms with E-state index in [4.69, 9.17) is 14.5 Å². The minimum Gasteiger partial charge on any atom is -0.453 e. The lowest BCUT2D eigenvalue weighted by molar-refractivity contribution is -0.136. The highest BCUT2D eigenvalue weighted by atomic mass is 16.5. The minimum atomic E-state index is -0.688. The second kappa shape index (κ2) is 17.7. The number of nitrogens with one attached hydrogen (secondary N) is 5. The maximum absolute atomic E-state index is 13.8. The Morgan fingerprint density at radius 2 is 1.13 bits per heavy atom. The van der Waals surface area contributed by atoms with Gasteiger partial charge in [-0.3, -0.25) is 9.59 Å². The first-order valence-electron chi connectivity index (χ1n) is 22.0. The van der Waals surface area contributed by atoms with Crippen LogP contribution in [0.3, 0.4) is 0 Å². The van der Waals surface area contributed by atoms with Crippen LogP contribution in [-0.2, 0) is 19.1 Å². The number of nitrogens with zero attached hydrogens (tertiary/aromatic N) is 3. The Morgan fingerprint density at radius 1 is 0.651 bits per heavy atom. The van der Waals surface area contributed by atoms with Crippen LogP contribution in [0.1, 0.15) is 72.2 Å². The van der Waals surface area contributed by atoms with Crippen molar-refractivity contribution in [1.82, 2.24) is 30.4 Å². The van der Waals surface area contributed by atoms with Crippen molar-refractivity contribution < 1.29 is 28.7 Å². The van der Waals surface area contributed by atoms with Gasteiger partial charge in [0.05, 0.1) is 48.7 Å². The average Bonchev–Trinajstić information content (AvgIpc) is 4.12. The van der Waals surface area contributed by atoms with Crippen LogP contribution in [-0.4, -0.2) is 94.9 Å². The van der Waals surface area contributed by atoms with Crippen molar-refractivity contribution in [3.05, 3.63) is 90.8 Å². The molecule has 4 heterocycles. The number of alkyl carbamates (subject to hydrolysis) is 2. The van der Waals surface area contributed by atoms with Crippen LogP contribution in [0.4, 0.5) is 21.0 Å². The molecule has 14 heteroatoms. The minimum absolute atomic E-state index is 0.0972. The Labute approximate surface area is 368 Å². The van der Waals surface area contributed by atoms with Gasteiger partial charge in [0.1, 0.15) is 23.6 Å². The highest BCUT2D eigenvalue weighted by molar-refractivity contribution is 5.89. The van der Waals surface area contributed by atoms with E-state index in [1.54, 1.807) is 0 Å². The van der Waals surface area contributed by atoms with Gasteiger partial charge in [-0.1, -0.05) is 88.4 Å². The van der Waals surface area contributed by atoms with Gasteiger partial charge in [-0.2, -0.15) is 0 Å². The first-order chi connectivity index (χ1) is 30.3. The molecule has 0 radical (unpaired) electrons. The normalized spacial score (nSPS) is 20.3. The molecule has 0 aliphatic carbocycles. The lowest BCUT2D eigenvalue weighted by atomic mass is 9.97. The van der Waals surface area contributed by atoms with E-state index in [9.17, 15) is 19.2 Å². The standard InChI is InChI=1S/C49H58N8O6/c1-28(2)42(52-47(60)62-6)45(58)56-24-8-10-40(56)44-50-36-22-20-34(26-38(36)51-44)32-16-12-30(13-17-32)31-14-18-33(19-15-31)35-21-23-37-39(27-35)55-49(5,54-37)41-11-9-25-57(41)46(59)43(29(3)4)53-48(61)63-7/h12-23,26-29,40-43,54-55H,8-11,24-25H2,1-7H3,(H,50,51)(H,52,60)(H,53,61)/t40-,41-,42-,43-,49?/m0/s1. The molecule has 1 unspecified atom stereocenters. The maximum atomic E-state index is 13.8. The van der Waals surface area contributed by atoms with Gasteiger partial charge in [0, 0.05) is 13.1 Å². The number of rotatable bonds is 11. The molecule has 5 atom stereocenters. The number of hydrogen-bond donors (Lipinski definition) is 5. The zero-order valence-electron chi connectivity index (χ0n) is 37.1. The fraction of sp³-hybridized carbons (Fsp3) is 0.408. The summed E-state index contributed by atoms with van der Waals surface area (Å²) in [5, 5.41) is 12.8. The summed E-state index contributed by atoms with van der Waals surface area (Å²) in [7, 11) is 2.60. The predicted octanol–water partition coefficient (Wildman–Crippen LogP) is 8.53. The molecule has 0 spiro atoms. The van der Waals surface area contributed by atoms with E-state index in [0.717, 1.165) is 87.3 Å². The number of likely N-dealkylation sites (tertiary alicyclic amines) is 2. The first-order valence-corrected chi connectivity index (χ1v) is 22.0. The number of aromatic nitrogens is 2. The summed E-state index contributed by atoms with van der Waals surface area (Å²) in [4.78, 5) is 63.7. The number of methoxy groups -OCH3 is 2. The van der Waals surface area contributed by atoms with E-state index in [2.05, 4.69) is 112 Å². The molecule has 3 aliphatic heterocycles. The Kier molecular flexibility index (Phi) is 12.1. The summed E-state index contributed by atoms with van der Waals surface area (Å²) < 4.78 is 9.59. The zero-order chi connectivity index (χ0) is 44.6. The van der Waals surface area contributed by atoms with Crippen molar-refractivity contribution in [3.8, 4) is 33.4 Å². The van der Waals surface area contributed by atoms with Crippen LogP contribution in [0.25, 0.3) is 44.4 Å². The molecular formula is C49H58N8O6. The number of anilines is 2. The molecule has 4 aromatic carbocycles. The van der Waals surface area contributed by atoms with Crippen LogP contribution in [0.15, 0.2) is 84.9 Å². The summed E-state index contributed by atoms with van der Waals surface area (Å²) in [6.07, 6.45) is 2.12. The third kappa shape index (κ3) is 8.63. The van der Waals surface area contributed by atoms with Gasteiger partial charge in [-0.05, 0) is 102 Å². The molecule has 0 bridgehead atoms. The number of carbonyl (C=O) groups excluding carboxylic acids is 4. The number of benzene rings is 4. The largest absolute Gasteiger partial charge is 0.453 e. The lowest BCUT2D eigenvalue weighted by Crippen LogP contribution is -2.60. The molecule has 2 saturated heterocycles. The molecule has 0 saturated carbocycles.